The molecular formula is C33H22F3N5O2. The molecule has 0 saturated carbocycles. The number of alkyl halides is 3. The number of benzene rings is 3. The highest BCUT2D eigenvalue weighted by molar-refractivity contribution is 5.99. The lowest BCUT2D eigenvalue weighted by atomic mass is 10.0. The second kappa shape index (κ2) is 10.9. The molecule has 7 nitrogen and oxygen atoms in total. The molecular weight excluding hydrogens is 555 g/mol. The Kier molecular flexibility index (Phi) is 7.00. The number of nitrogens with one attached hydrogen (secondary N) is 1. The first-order valence-corrected chi connectivity index (χ1v) is 13.2. The molecule has 1 amide bonds. The fraction of sp³-hybridized carbons (Fsp3) is 0.0909. The zero-order chi connectivity index (χ0) is 30.1. The van der Waals surface area contributed by atoms with Crippen LogP contribution in [0, 0.1) is 11.8 Å². The van der Waals surface area contributed by atoms with E-state index in [-0.39, 0.29) is 5.56 Å². The molecule has 1 unspecified atom stereocenters. The number of nitrogens with zero attached hydrogens (tertiary/aromatic N) is 4. The zero-order valence-electron chi connectivity index (χ0n) is 22.6. The van der Waals surface area contributed by atoms with Gasteiger partial charge in [0.25, 0.3) is 11.5 Å². The number of fused-ring (bicyclic) bond motifs is 2. The van der Waals surface area contributed by atoms with Gasteiger partial charge in [-0.15, -0.1) is 0 Å². The van der Waals surface area contributed by atoms with E-state index in [4.69, 9.17) is 0 Å². The zero-order valence-corrected chi connectivity index (χ0v) is 22.6. The molecule has 0 fully saturated rings. The van der Waals surface area contributed by atoms with Crippen molar-refractivity contribution in [2.45, 2.75) is 19.1 Å². The Morgan fingerprint density at radius 3 is 2.47 bits per heavy atom. The van der Waals surface area contributed by atoms with Crippen LogP contribution >= 0.6 is 0 Å². The van der Waals surface area contributed by atoms with Crippen LogP contribution < -0.4 is 10.9 Å². The smallest absolute Gasteiger partial charge is 0.344 e. The summed E-state index contributed by atoms with van der Waals surface area (Å²) in [5.41, 5.74) is 1.51. The second-order valence-electron chi connectivity index (χ2n) is 9.78. The van der Waals surface area contributed by atoms with Gasteiger partial charge >= 0.3 is 6.18 Å². The van der Waals surface area contributed by atoms with Crippen molar-refractivity contribution in [1.82, 2.24) is 24.5 Å². The lowest BCUT2D eigenvalue weighted by Gasteiger charge is -2.21. The molecule has 212 valence electrons. The third kappa shape index (κ3) is 5.36. The van der Waals surface area contributed by atoms with Crippen molar-refractivity contribution in [2.24, 2.45) is 0 Å². The van der Waals surface area contributed by atoms with Gasteiger partial charge in [0.05, 0.1) is 23.2 Å². The van der Waals surface area contributed by atoms with Crippen LogP contribution in [-0.4, -0.2) is 25.1 Å². The van der Waals surface area contributed by atoms with Crippen LogP contribution in [0.2, 0.25) is 0 Å². The number of pyridine rings is 1. The highest BCUT2D eigenvalue weighted by Gasteiger charge is 2.30. The van der Waals surface area contributed by atoms with E-state index < -0.39 is 23.7 Å². The Balaban J connectivity index is 1.43. The van der Waals surface area contributed by atoms with E-state index in [1.165, 1.54) is 27.4 Å². The molecule has 10 heteroatoms. The maximum atomic E-state index is 14.2. The first-order chi connectivity index (χ1) is 20.7. The normalized spacial score (nSPS) is 12.1. The standard InChI is InChI=1S/C33H22F3N5O2/c1-21(39-31(42)27-20-38-40-18-6-17-37-30(27)40)28-19-24-8-5-7-23(14-11-22-12-15-25(16-13-22)33(34,35)36)29(24)32(43)41(28)26-9-3-2-4-10-26/h2-10,12-13,15-21H,1H3,(H,39,42). The molecule has 3 heterocycles. The predicted molar refractivity (Wildman–Crippen MR) is 156 cm³/mol. The summed E-state index contributed by atoms with van der Waals surface area (Å²) in [7, 11) is 0. The summed E-state index contributed by atoms with van der Waals surface area (Å²) in [6.45, 7) is 1.78. The van der Waals surface area contributed by atoms with Crippen LogP contribution in [0.25, 0.3) is 22.1 Å². The van der Waals surface area contributed by atoms with Crippen molar-refractivity contribution in [3.8, 4) is 17.5 Å². The molecule has 0 aliphatic rings. The molecule has 0 aliphatic heterocycles. The lowest BCUT2D eigenvalue weighted by Crippen LogP contribution is -2.32. The largest absolute Gasteiger partial charge is 0.416 e. The van der Waals surface area contributed by atoms with Crippen LogP contribution in [0.5, 0.6) is 0 Å². The number of halogens is 3. The summed E-state index contributed by atoms with van der Waals surface area (Å²) in [6.07, 6.45) is 0.265. The van der Waals surface area contributed by atoms with Gasteiger partial charge in [-0.05, 0) is 66.9 Å². The molecule has 43 heavy (non-hydrogen) atoms. The minimum absolute atomic E-state index is 0.294. The van der Waals surface area contributed by atoms with Crippen LogP contribution in [0.3, 0.4) is 0 Å². The van der Waals surface area contributed by atoms with Crippen molar-refractivity contribution in [1.29, 1.82) is 0 Å². The summed E-state index contributed by atoms with van der Waals surface area (Å²) >= 11 is 0. The van der Waals surface area contributed by atoms with E-state index in [1.54, 1.807) is 67.8 Å². The van der Waals surface area contributed by atoms with Gasteiger partial charge in [0.1, 0.15) is 5.56 Å². The van der Waals surface area contributed by atoms with Gasteiger partial charge in [-0.1, -0.05) is 42.2 Å². The maximum absolute atomic E-state index is 14.2. The van der Waals surface area contributed by atoms with Crippen LogP contribution in [0.1, 0.15) is 45.7 Å². The number of amides is 1. The molecule has 1 atom stereocenters. The molecule has 0 bridgehead atoms. The average Bonchev–Trinajstić information content (AvgIpc) is 3.44. The summed E-state index contributed by atoms with van der Waals surface area (Å²) in [5, 5.41) is 8.10. The van der Waals surface area contributed by atoms with Crippen molar-refractivity contribution < 1.29 is 18.0 Å². The highest BCUT2D eigenvalue weighted by atomic mass is 19.4. The molecule has 6 rings (SSSR count). The Labute approximate surface area is 243 Å². The molecule has 0 radical (unpaired) electrons. The van der Waals surface area contributed by atoms with Gasteiger partial charge in [-0.2, -0.15) is 18.3 Å². The second-order valence-corrected chi connectivity index (χ2v) is 9.78. The van der Waals surface area contributed by atoms with Gasteiger partial charge in [-0.3, -0.25) is 14.2 Å². The Hall–Kier alpha value is -5.69. The quantitative estimate of drug-likeness (QED) is 0.263. The summed E-state index contributed by atoms with van der Waals surface area (Å²) in [4.78, 5) is 31.7. The number of hydrogen-bond donors (Lipinski definition) is 1. The van der Waals surface area contributed by atoms with Crippen molar-refractivity contribution >= 4 is 22.3 Å². The minimum Gasteiger partial charge on any atom is -0.344 e. The fourth-order valence-corrected chi connectivity index (χ4v) is 4.87. The highest BCUT2D eigenvalue weighted by Crippen LogP contribution is 2.29. The van der Waals surface area contributed by atoms with E-state index in [1.807, 2.05) is 12.1 Å². The number of rotatable bonds is 4. The number of para-hydroxylation sites is 1. The Morgan fingerprint density at radius 1 is 0.953 bits per heavy atom. The van der Waals surface area contributed by atoms with Crippen molar-refractivity contribution in [3.63, 3.8) is 0 Å². The molecule has 0 spiro atoms. The SMILES string of the molecule is CC(NC(=O)c1cnn2cccnc12)c1cc2cccc(C#Cc3ccc(C(F)(F)F)cc3)c2c(=O)n1-c1ccccc1. The first-order valence-electron chi connectivity index (χ1n) is 13.2. The van der Waals surface area contributed by atoms with Crippen LogP contribution in [-0.2, 0) is 6.18 Å². The van der Waals surface area contributed by atoms with Gasteiger partial charge in [-0.25, -0.2) is 9.50 Å². The van der Waals surface area contributed by atoms with Gasteiger partial charge in [0.15, 0.2) is 5.65 Å². The molecule has 0 saturated heterocycles. The third-order valence-electron chi connectivity index (χ3n) is 6.96. The monoisotopic (exact) mass is 577 g/mol. The van der Waals surface area contributed by atoms with E-state index >= 15 is 0 Å². The molecule has 1 N–H and O–H groups in total. The number of carbonyl (C=O) groups excluding carboxylic acids is 1. The Morgan fingerprint density at radius 2 is 1.72 bits per heavy atom. The van der Waals surface area contributed by atoms with E-state index in [2.05, 4.69) is 27.2 Å². The first kappa shape index (κ1) is 27.5. The summed E-state index contributed by atoms with van der Waals surface area (Å²) < 4.78 is 41.9. The predicted octanol–water partition coefficient (Wildman–Crippen LogP) is 5.94. The van der Waals surface area contributed by atoms with Crippen LogP contribution in [0.15, 0.2) is 108 Å². The van der Waals surface area contributed by atoms with Crippen molar-refractivity contribution in [3.05, 3.63) is 142 Å². The third-order valence-corrected chi connectivity index (χ3v) is 6.96. The van der Waals surface area contributed by atoms with Gasteiger partial charge in [0.2, 0.25) is 0 Å². The van der Waals surface area contributed by atoms with Gasteiger partial charge < -0.3 is 5.32 Å². The maximum Gasteiger partial charge on any atom is 0.416 e. The van der Waals surface area contributed by atoms with Crippen LogP contribution in [0.4, 0.5) is 13.2 Å². The van der Waals surface area contributed by atoms with E-state index in [0.717, 1.165) is 12.1 Å². The molecule has 3 aromatic carbocycles. The van der Waals surface area contributed by atoms with Crippen molar-refractivity contribution in [2.75, 3.05) is 0 Å². The number of carbonyl (C=O) groups is 1. The van der Waals surface area contributed by atoms with E-state index in [0.29, 0.717) is 44.5 Å². The molecule has 6 aromatic rings. The minimum atomic E-state index is -4.44. The molecule has 3 aromatic heterocycles. The topological polar surface area (TPSA) is 81.3 Å². The Bertz CT molecular complexity index is 2110. The average molecular weight is 578 g/mol. The lowest BCUT2D eigenvalue weighted by molar-refractivity contribution is -0.137. The number of hydrogen-bond acceptors (Lipinski definition) is 4. The number of aromatic nitrogens is 4. The summed E-state index contributed by atoms with van der Waals surface area (Å²) in [5.74, 6) is 5.44. The fourth-order valence-electron chi connectivity index (χ4n) is 4.87. The van der Waals surface area contributed by atoms with E-state index in [9.17, 15) is 22.8 Å². The summed E-state index contributed by atoms with van der Waals surface area (Å²) in [6, 6.07) is 21.7. The molecule has 0 aliphatic carbocycles. The van der Waals surface area contributed by atoms with Gasteiger partial charge in [0, 0.05) is 34.9 Å².